The number of nitrogens with zero attached hydrogens (tertiary/aromatic N) is 3. The van der Waals surface area contributed by atoms with Crippen LogP contribution in [0.2, 0.25) is 0 Å². The highest BCUT2D eigenvalue weighted by molar-refractivity contribution is 5.92. The normalized spacial score (nSPS) is 11.7. The SMILES string of the molecule is N#CCCN(CCC#N)CC(=O)Nc1cc(C(F)(F)F)cc(C(F)(F)F)c1. The second-order valence-electron chi connectivity index (χ2n) is 5.44. The molecule has 0 saturated heterocycles. The molecule has 0 spiro atoms. The quantitative estimate of drug-likeness (QED) is 0.716. The van der Waals surface area contributed by atoms with Gasteiger partial charge in [-0.25, -0.2) is 0 Å². The largest absolute Gasteiger partial charge is 0.416 e. The van der Waals surface area contributed by atoms with Gasteiger partial charge in [0.05, 0.1) is 29.8 Å². The molecule has 27 heavy (non-hydrogen) atoms. The van der Waals surface area contributed by atoms with Gasteiger partial charge >= 0.3 is 12.4 Å². The van der Waals surface area contributed by atoms with E-state index >= 15 is 0 Å². The van der Waals surface area contributed by atoms with Gasteiger partial charge < -0.3 is 5.32 Å². The zero-order valence-corrected chi connectivity index (χ0v) is 13.8. The highest BCUT2D eigenvalue weighted by Crippen LogP contribution is 2.37. The lowest BCUT2D eigenvalue weighted by atomic mass is 10.1. The Bertz CT molecular complexity index is 695. The third-order valence-electron chi connectivity index (χ3n) is 3.32. The van der Waals surface area contributed by atoms with Crippen molar-refractivity contribution in [1.82, 2.24) is 4.90 Å². The van der Waals surface area contributed by atoms with Crippen molar-refractivity contribution >= 4 is 11.6 Å². The van der Waals surface area contributed by atoms with Crippen molar-refractivity contribution in [3.8, 4) is 12.1 Å². The molecule has 0 unspecified atom stereocenters. The van der Waals surface area contributed by atoms with E-state index in [1.807, 2.05) is 17.5 Å². The smallest absolute Gasteiger partial charge is 0.325 e. The number of hydrogen-bond acceptors (Lipinski definition) is 4. The Labute approximate surface area is 150 Å². The molecule has 0 bridgehead atoms. The number of carbonyl (C=O) groups excluding carboxylic acids is 1. The average Bonchev–Trinajstić information content (AvgIpc) is 2.55. The van der Waals surface area contributed by atoms with E-state index in [4.69, 9.17) is 10.5 Å². The minimum absolute atomic E-state index is 0.0399. The first-order valence-corrected chi connectivity index (χ1v) is 7.53. The zero-order chi connectivity index (χ0) is 20.7. The van der Waals surface area contributed by atoms with Crippen LogP contribution >= 0.6 is 0 Å². The Morgan fingerprint density at radius 3 is 1.74 bits per heavy atom. The fraction of sp³-hybridized carbons (Fsp3) is 0.438. The van der Waals surface area contributed by atoms with E-state index < -0.39 is 35.1 Å². The number of amides is 1. The van der Waals surface area contributed by atoms with E-state index in [2.05, 4.69) is 0 Å². The number of halogens is 6. The van der Waals surface area contributed by atoms with Crippen LogP contribution in [0.3, 0.4) is 0 Å². The molecule has 0 fully saturated rings. The van der Waals surface area contributed by atoms with Crippen molar-refractivity contribution < 1.29 is 31.1 Å². The van der Waals surface area contributed by atoms with Gasteiger partial charge in [-0.2, -0.15) is 36.9 Å². The molecule has 11 heteroatoms. The summed E-state index contributed by atoms with van der Waals surface area (Å²) in [5.41, 5.74) is -3.74. The van der Waals surface area contributed by atoms with Gasteiger partial charge in [0.15, 0.2) is 0 Å². The first-order chi connectivity index (χ1) is 12.5. The molecule has 1 amide bonds. The van der Waals surface area contributed by atoms with Gasteiger partial charge in [0, 0.05) is 31.6 Å². The van der Waals surface area contributed by atoms with Crippen LogP contribution in [-0.4, -0.2) is 30.4 Å². The molecule has 0 aliphatic rings. The number of nitriles is 2. The molecule has 0 aromatic heterocycles. The Morgan fingerprint density at radius 2 is 1.37 bits per heavy atom. The van der Waals surface area contributed by atoms with Crippen LogP contribution in [0, 0.1) is 22.7 Å². The van der Waals surface area contributed by atoms with Crippen LogP contribution in [0.5, 0.6) is 0 Å². The average molecular weight is 392 g/mol. The second-order valence-corrected chi connectivity index (χ2v) is 5.44. The summed E-state index contributed by atoms with van der Waals surface area (Å²) in [5.74, 6) is -0.863. The number of carbonyl (C=O) groups is 1. The van der Waals surface area contributed by atoms with Crippen LogP contribution < -0.4 is 5.32 Å². The molecular formula is C16H14F6N4O. The summed E-state index contributed by atoms with van der Waals surface area (Å²) in [4.78, 5) is 13.4. The fourth-order valence-corrected chi connectivity index (χ4v) is 2.12. The Morgan fingerprint density at radius 1 is 0.926 bits per heavy atom. The standard InChI is InChI=1S/C16H14F6N4O/c17-15(18,19)11-7-12(16(20,21)22)9-13(8-11)25-14(27)10-26(5-1-3-23)6-2-4-24/h7-9H,1-2,5-6,10H2,(H,25,27). The van der Waals surface area contributed by atoms with Gasteiger partial charge in [-0.15, -0.1) is 0 Å². The lowest BCUT2D eigenvalue weighted by molar-refractivity contribution is -0.143. The van der Waals surface area contributed by atoms with Gasteiger partial charge in [0.1, 0.15) is 0 Å². The van der Waals surface area contributed by atoms with E-state index in [0.29, 0.717) is 12.1 Å². The Hall–Kier alpha value is -2.79. The summed E-state index contributed by atoms with van der Waals surface area (Å²) in [6.45, 7) is -0.134. The predicted molar refractivity (Wildman–Crippen MR) is 82.0 cm³/mol. The van der Waals surface area contributed by atoms with Crippen LogP contribution in [0.15, 0.2) is 18.2 Å². The van der Waals surface area contributed by atoms with Crippen molar-refractivity contribution in [2.45, 2.75) is 25.2 Å². The lowest BCUT2D eigenvalue weighted by Crippen LogP contribution is -2.34. The van der Waals surface area contributed by atoms with Gasteiger partial charge in [-0.1, -0.05) is 0 Å². The zero-order valence-electron chi connectivity index (χ0n) is 13.8. The number of nitrogens with one attached hydrogen (secondary N) is 1. The van der Waals surface area contributed by atoms with Crippen molar-refractivity contribution in [3.05, 3.63) is 29.3 Å². The molecule has 0 saturated carbocycles. The summed E-state index contributed by atoms with van der Waals surface area (Å²) >= 11 is 0. The third kappa shape index (κ3) is 7.54. The highest BCUT2D eigenvalue weighted by Gasteiger charge is 2.37. The van der Waals surface area contributed by atoms with Gasteiger partial charge in [0.2, 0.25) is 5.91 Å². The third-order valence-corrected chi connectivity index (χ3v) is 3.32. The van der Waals surface area contributed by atoms with Crippen molar-refractivity contribution in [3.63, 3.8) is 0 Å². The molecule has 0 heterocycles. The first kappa shape index (κ1) is 22.3. The Balaban J connectivity index is 3.00. The minimum atomic E-state index is -5.02. The minimum Gasteiger partial charge on any atom is -0.325 e. The van der Waals surface area contributed by atoms with Crippen molar-refractivity contribution in [2.75, 3.05) is 25.0 Å². The molecular weight excluding hydrogens is 378 g/mol. The molecule has 0 atom stereocenters. The second kappa shape index (κ2) is 9.24. The monoisotopic (exact) mass is 392 g/mol. The van der Waals surface area contributed by atoms with Crippen molar-refractivity contribution in [1.29, 1.82) is 10.5 Å². The van der Waals surface area contributed by atoms with Crippen LogP contribution in [0.4, 0.5) is 32.0 Å². The summed E-state index contributed by atoms with van der Waals surface area (Å²) < 4.78 is 76.9. The first-order valence-electron chi connectivity index (χ1n) is 7.53. The number of alkyl halides is 6. The fourth-order valence-electron chi connectivity index (χ4n) is 2.12. The number of anilines is 1. The van der Waals surface area contributed by atoms with E-state index in [9.17, 15) is 31.1 Å². The molecule has 1 rings (SSSR count). The Kier molecular flexibility index (Phi) is 7.61. The highest BCUT2D eigenvalue weighted by atomic mass is 19.4. The van der Waals surface area contributed by atoms with Crippen LogP contribution in [-0.2, 0) is 17.1 Å². The van der Waals surface area contributed by atoms with Gasteiger partial charge in [-0.05, 0) is 18.2 Å². The summed E-state index contributed by atoms with van der Waals surface area (Å²) in [5, 5.41) is 19.1. The molecule has 0 aliphatic heterocycles. The maximum absolute atomic E-state index is 12.8. The van der Waals surface area contributed by atoms with Gasteiger partial charge in [-0.3, -0.25) is 9.69 Å². The van der Waals surface area contributed by atoms with Crippen LogP contribution in [0.1, 0.15) is 24.0 Å². The van der Waals surface area contributed by atoms with E-state index in [1.165, 1.54) is 4.90 Å². The van der Waals surface area contributed by atoms with E-state index in [0.717, 1.165) is 0 Å². The van der Waals surface area contributed by atoms with Crippen molar-refractivity contribution in [2.24, 2.45) is 0 Å². The lowest BCUT2D eigenvalue weighted by Gasteiger charge is -2.20. The molecule has 1 aromatic carbocycles. The topological polar surface area (TPSA) is 79.9 Å². The molecule has 0 aliphatic carbocycles. The number of hydrogen-bond donors (Lipinski definition) is 1. The van der Waals surface area contributed by atoms with E-state index in [-0.39, 0.29) is 38.5 Å². The molecule has 5 nitrogen and oxygen atoms in total. The van der Waals surface area contributed by atoms with Gasteiger partial charge in [0.25, 0.3) is 0 Å². The molecule has 0 radical (unpaired) electrons. The molecule has 1 aromatic rings. The summed E-state index contributed by atoms with van der Waals surface area (Å²) in [6, 6.07) is 4.45. The van der Waals surface area contributed by atoms with Crippen LogP contribution in [0.25, 0.3) is 0 Å². The molecule has 146 valence electrons. The summed E-state index contributed by atoms with van der Waals surface area (Å²) in [6.07, 6.45) is -9.96. The predicted octanol–water partition coefficient (Wildman–Crippen LogP) is 3.79. The maximum Gasteiger partial charge on any atom is 0.416 e. The number of rotatable bonds is 7. The van der Waals surface area contributed by atoms with E-state index in [1.54, 1.807) is 0 Å². The number of benzene rings is 1. The summed E-state index contributed by atoms with van der Waals surface area (Å²) in [7, 11) is 0. The molecule has 1 N–H and O–H groups in total. The maximum atomic E-state index is 12.8.